The Labute approximate surface area is 167 Å². The molecule has 0 spiro atoms. The van der Waals surface area contributed by atoms with E-state index >= 15 is 0 Å². The average Bonchev–Trinajstić information content (AvgIpc) is 2.73. The standard InChI is InChI=1S/C22H28N2O3S/c1-17-16-23(22(25)19-9-3-2-4-10-19)14-15-24(17)28(26,27)21-13-7-11-18-8-5-6-12-20(18)21/h5-8,11-13,17,19H,2-4,9-10,14-16H2,1H3. The van der Waals surface area contributed by atoms with Gasteiger partial charge in [-0.05, 0) is 31.2 Å². The minimum absolute atomic E-state index is 0.127. The lowest BCUT2D eigenvalue weighted by atomic mass is 9.88. The molecule has 28 heavy (non-hydrogen) atoms. The second-order valence-electron chi connectivity index (χ2n) is 8.06. The second-order valence-corrected chi connectivity index (χ2v) is 9.92. The summed E-state index contributed by atoms with van der Waals surface area (Å²) in [6.45, 7) is 3.21. The van der Waals surface area contributed by atoms with Crippen LogP contribution in [0.1, 0.15) is 39.0 Å². The van der Waals surface area contributed by atoms with Gasteiger partial charge in [0.1, 0.15) is 0 Å². The largest absolute Gasteiger partial charge is 0.340 e. The van der Waals surface area contributed by atoms with Crippen LogP contribution in [-0.2, 0) is 14.8 Å². The first-order valence-corrected chi connectivity index (χ1v) is 11.7. The normalized spacial score (nSPS) is 22.5. The van der Waals surface area contributed by atoms with Crippen LogP contribution < -0.4 is 0 Å². The zero-order chi connectivity index (χ0) is 19.7. The van der Waals surface area contributed by atoms with Gasteiger partial charge in [-0.3, -0.25) is 4.79 Å². The van der Waals surface area contributed by atoms with Gasteiger partial charge < -0.3 is 4.90 Å². The number of hydrogen-bond donors (Lipinski definition) is 0. The first-order chi connectivity index (χ1) is 13.5. The summed E-state index contributed by atoms with van der Waals surface area (Å²) in [5.41, 5.74) is 0. The first-order valence-electron chi connectivity index (χ1n) is 10.3. The van der Waals surface area contributed by atoms with Crippen molar-refractivity contribution in [3.8, 4) is 0 Å². The molecule has 1 saturated carbocycles. The van der Waals surface area contributed by atoms with Crippen LogP contribution in [0.5, 0.6) is 0 Å². The van der Waals surface area contributed by atoms with Crippen LogP contribution in [0, 0.1) is 5.92 Å². The van der Waals surface area contributed by atoms with E-state index in [2.05, 4.69) is 0 Å². The van der Waals surface area contributed by atoms with E-state index in [9.17, 15) is 13.2 Å². The van der Waals surface area contributed by atoms with E-state index in [0.29, 0.717) is 24.5 Å². The van der Waals surface area contributed by atoms with Gasteiger partial charge in [0, 0.05) is 37.0 Å². The molecule has 1 atom stereocenters. The molecule has 0 bridgehead atoms. The fourth-order valence-electron chi connectivity index (χ4n) is 4.65. The lowest BCUT2D eigenvalue weighted by Gasteiger charge is -2.40. The van der Waals surface area contributed by atoms with Crippen molar-refractivity contribution in [2.24, 2.45) is 5.92 Å². The zero-order valence-corrected chi connectivity index (χ0v) is 17.2. The predicted molar refractivity (Wildman–Crippen MR) is 110 cm³/mol. The van der Waals surface area contributed by atoms with Gasteiger partial charge in [-0.15, -0.1) is 0 Å². The van der Waals surface area contributed by atoms with E-state index in [1.165, 1.54) is 6.42 Å². The van der Waals surface area contributed by atoms with E-state index in [-0.39, 0.29) is 17.9 Å². The third-order valence-corrected chi connectivity index (χ3v) is 8.24. The highest BCUT2D eigenvalue weighted by Gasteiger charge is 2.37. The summed E-state index contributed by atoms with van der Waals surface area (Å²) >= 11 is 0. The van der Waals surface area contributed by atoms with Gasteiger partial charge in [0.25, 0.3) is 0 Å². The van der Waals surface area contributed by atoms with Crippen molar-refractivity contribution in [1.29, 1.82) is 0 Å². The van der Waals surface area contributed by atoms with Gasteiger partial charge in [0.05, 0.1) is 4.90 Å². The number of nitrogens with zero attached hydrogens (tertiary/aromatic N) is 2. The molecule has 1 aliphatic heterocycles. The molecular weight excluding hydrogens is 372 g/mol. The molecule has 2 aliphatic rings. The fraction of sp³-hybridized carbons (Fsp3) is 0.500. The minimum atomic E-state index is -3.62. The Hall–Kier alpha value is -1.92. The highest BCUT2D eigenvalue weighted by Crippen LogP contribution is 2.30. The van der Waals surface area contributed by atoms with E-state index in [0.717, 1.165) is 36.5 Å². The number of carbonyl (C=O) groups is 1. The van der Waals surface area contributed by atoms with Gasteiger partial charge in [0.2, 0.25) is 15.9 Å². The molecular formula is C22H28N2O3S. The van der Waals surface area contributed by atoms with Gasteiger partial charge in [-0.2, -0.15) is 4.31 Å². The Morgan fingerprint density at radius 2 is 1.68 bits per heavy atom. The van der Waals surface area contributed by atoms with Crippen molar-refractivity contribution in [1.82, 2.24) is 9.21 Å². The molecule has 6 heteroatoms. The van der Waals surface area contributed by atoms with Gasteiger partial charge >= 0.3 is 0 Å². The van der Waals surface area contributed by atoms with Gasteiger partial charge in [-0.25, -0.2) is 8.42 Å². The molecule has 1 amide bonds. The lowest BCUT2D eigenvalue weighted by Crippen LogP contribution is -2.56. The number of benzene rings is 2. The summed E-state index contributed by atoms with van der Waals surface area (Å²) in [6.07, 6.45) is 5.42. The molecule has 0 radical (unpaired) electrons. The molecule has 2 aromatic carbocycles. The maximum Gasteiger partial charge on any atom is 0.244 e. The summed E-state index contributed by atoms with van der Waals surface area (Å²) in [5.74, 6) is 0.343. The molecule has 5 nitrogen and oxygen atoms in total. The Morgan fingerprint density at radius 3 is 2.43 bits per heavy atom. The van der Waals surface area contributed by atoms with Crippen molar-refractivity contribution < 1.29 is 13.2 Å². The summed E-state index contributed by atoms with van der Waals surface area (Å²) in [5, 5.41) is 1.67. The topological polar surface area (TPSA) is 57.7 Å². The van der Waals surface area contributed by atoms with Crippen LogP contribution in [0.3, 0.4) is 0 Å². The number of hydrogen-bond acceptors (Lipinski definition) is 3. The smallest absolute Gasteiger partial charge is 0.244 e. The summed E-state index contributed by atoms with van der Waals surface area (Å²) < 4.78 is 28.4. The molecule has 2 fully saturated rings. The molecule has 0 aromatic heterocycles. The van der Waals surface area contributed by atoms with Crippen molar-refractivity contribution in [2.45, 2.75) is 50.0 Å². The first kappa shape index (κ1) is 19.4. The average molecular weight is 401 g/mol. The number of sulfonamides is 1. The highest BCUT2D eigenvalue weighted by molar-refractivity contribution is 7.89. The van der Waals surface area contributed by atoms with Gasteiger partial charge in [0.15, 0.2) is 0 Å². The van der Waals surface area contributed by atoms with Crippen molar-refractivity contribution in [2.75, 3.05) is 19.6 Å². The fourth-order valence-corrected chi connectivity index (χ4v) is 6.48. The van der Waals surface area contributed by atoms with Crippen molar-refractivity contribution in [3.05, 3.63) is 42.5 Å². The van der Waals surface area contributed by atoms with Crippen LogP contribution in [0.25, 0.3) is 10.8 Å². The quantitative estimate of drug-likeness (QED) is 0.790. The van der Waals surface area contributed by atoms with E-state index in [4.69, 9.17) is 0 Å². The molecule has 4 rings (SSSR count). The Balaban J connectivity index is 1.54. The maximum atomic E-state index is 13.4. The molecule has 1 saturated heterocycles. The Kier molecular flexibility index (Phi) is 5.43. The number of fused-ring (bicyclic) bond motifs is 1. The Bertz CT molecular complexity index is 961. The van der Waals surface area contributed by atoms with Crippen LogP contribution in [0.2, 0.25) is 0 Å². The van der Waals surface area contributed by atoms with Gasteiger partial charge in [-0.1, -0.05) is 55.7 Å². The molecule has 2 aromatic rings. The summed E-state index contributed by atoms with van der Waals surface area (Å²) in [4.78, 5) is 15.1. The van der Waals surface area contributed by atoms with Crippen LogP contribution >= 0.6 is 0 Å². The number of amides is 1. The van der Waals surface area contributed by atoms with E-state index < -0.39 is 10.0 Å². The molecule has 150 valence electrons. The lowest BCUT2D eigenvalue weighted by molar-refractivity contribution is -0.138. The highest BCUT2D eigenvalue weighted by atomic mass is 32.2. The number of rotatable bonds is 3. The maximum absolute atomic E-state index is 13.4. The molecule has 1 unspecified atom stereocenters. The molecule has 0 N–H and O–H groups in total. The van der Waals surface area contributed by atoms with E-state index in [1.54, 1.807) is 16.4 Å². The zero-order valence-electron chi connectivity index (χ0n) is 16.4. The van der Waals surface area contributed by atoms with Crippen LogP contribution in [0.15, 0.2) is 47.4 Å². The van der Waals surface area contributed by atoms with Crippen molar-refractivity contribution >= 4 is 26.7 Å². The Morgan fingerprint density at radius 1 is 0.964 bits per heavy atom. The van der Waals surface area contributed by atoms with E-state index in [1.807, 2.05) is 42.2 Å². The van der Waals surface area contributed by atoms with Crippen LogP contribution in [0.4, 0.5) is 0 Å². The van der Waals surface area contributed by atoms with Crippen LogP contribution in [-0.4, -0.2) is 49.2 Å². The SMILES string of the molecule is CC1CN(C(=O)C2CCCCC2)CCN1S(=O)(=O)c1cccc2ccccc12. The number of carbonyl (C=O) groups excluding carboxylic acids is 1. The molecule has 1 heterocycles. The molecule has 1 aliphatic carbocycles. The number of piperazine rings is 1. The summed E-state index contributed by atoms with van der Waals surface area (Å²) in [7, 11) is -3.62. The predicted octanol–water partition coefficient (Wildman–Crippen LogP) is 3.64. The minimum Gasteiger partial charge on any atom is -0.340 e. The third kappa shape index (κ3) is 3.55. The summed E-state index contributed by atoms with van der Waals surface area (Å²) in [6, 6.07) is 12.7. The van der Waals surface area contributed by atoms with Crippen molar-refractivity contribution in [3.63, 3.8) is 0 Å². The second kappa shape index (κ2) is 7.84. The monoisotopic (exact) mass is 400 g/mol. The third-order valence-electron chi connectivity index (χ3n) is 6.17.